The molecule has 2 N–H and O–H groups in total. The van der Waals surface area contributed by atoms with E-state index in [4.69, 9.17) is 5.73 Å². The molecule has 0 bridgehead atoms. The molecule has 0 fully saturated rings. The van der Waals surface area contributed by atoms with Gasteiger partial charge in [0.1, 0.15) is 5.82 Å². The average Bonchev–Trinajstić information content (AvgIpc) is 2.09. The van der Waals surface area contributed by atoms with Crippen LogP contribution in [0.15, 0.2) is 28.2 Å². The summed E-state index contributed by atoms with van der Waals surface area (Å²) in [5.41, 5.74) is 7.20. The fourth-order valence-corrected chi connectivity index (χ4v) is 1.33. The Morgan fingerprint density at radius 2 is 2.21 bits per heavy atom. The first-order valence-electron chi connectivity index (χ1n) is 4.39. The van der Waals surface area contributed by atoms with Crippen LogP contribution in [0.5, 0.6) is 0 Å². The molecular formula is C11H13BrFN. The minimum absolute atomic E-state index is 0.0435. The topological polar surface area (TPSA) is 26.0 Å². The van der Waals surface area contributed by atoms with Crippen molar-refractivity contribution in [1.82, 2.24) is 0 Å². The highest BCUT2D eigenvalue weighted by atomic mass is 79.9. The fraction of sp³-hybridized carbons (Fsp3) is 0.273. The predicted octanol–water partition coefficient (Wildman–Crippen LogP) is 3.34. The molecule has 0 radical (unpaired) electrons. The second-order valence-corrected chi connectivity index (χ2v) is 4.26. The zero-order chi connectivity index (χ0) is 10.7. The molecule has 0 amide bonds. The molecule has 1 rings (SSSR count). The van der Waals surface area contributed by atoms with E-state index in [-0.39, 0.29) is 11.9 Å². The van der Waals surface area contributed by atoms with Crippen LogP contribution >= 0.6 is 15.9 Å². The maximum Gasteiger partial charge on any atom is 0.131 e. The van der Waals surface area contributed by atoms with E-state index in [2.05, 4.69) is 15.9 Å². The van der Waals surface area contributed by atoms with E-state index >= 15 is 0 Å². The summed E-state index contributed by atoms with van der Waals surface area (Å²) in [7, 11) is 0. The van der Waals surface area contributed by atoms with Gasteiger partial charge in [-0.1, -0.05) is 33.6 Å². The molecule has 0 aromatic heterocycles. The summed E-state index contributed by atoms with van der Waals surface area (Å²) < 4.78 is 14.1. The minimum Gasteiger partial charge on any atom is -0.324 e. The number of nitrogens with two attached hydrogens (primary N) is 1. The van der Waals surface area contributed by atoms with Crippen molar-refractivity contribution >= 4 is 22.0 Å². The monoisotopic (exact) mass is 257 g/mol. The van der Waals surface area contributed by atoms with Crippen LogP contribution in [0, 0.1) is 5.82 Å². The number of halogens is 2. The van der Waals surface area contributed by atoms with Crippen LogP contribution in [0.2, 0.25) is 0 Å². The Bertz CT molecular complexity index is 358. The lowest BCUT2D eigenvalue weighted by molar-refractivity contribution is 0.624. The highest BCUT2D eigenvalue weighted by Crippen LogP contribution is 2.18. The second kappa shape index (κ2) is 4.71. The molecule has 1 aromatic carbocycles. The van der Waals surface area contributed by atoms with E-state index in [9.17, 15) is 4.39 Å². The van der Waals surface area contributed by atoms with Crippen molar-refractivity contribution in [3.63, 3.8) is 0 Å². The minimum atomic E-state index is -0.237. The zero-order valence-electron chi connectivity index (χ0n) is 8.22. The third kappa shape index (κ3) is 2.93. The maximum atomic E-state index is 13.4. The van der Waals surface area contributed by atoms with Gasteiger partial charge in [0, 0.05) is 16.1 Å². The SMILES string of the molecule is C/C(=C\c1ccc(Br)cc1F)C(C)N. The molecule has 3 heteroatoms. The van der Waals surface area contributed by atoms with Gasteiger partial charge in [-0.25, -0.2) is 4.39 Å². The largest absolute Gasteiger partial charge is 0.324 e. The molecular weight excluding hydrogens is 245 g/mol. The highest BCUT2D eigenvalue weighted by Gasteiger charge is 2.02. The molecule has 1 unspecified atom stereocenters. The number of hydrogen-bond donors (Lipinski definition) is 1. The molecule has 1 nitrogen and oxygen atoms in total. The standard InChI is InChI=1S/C11H13BrFN/c1-7(8(2)14)5-9-3-4-10(12)6-11(9)13/h3-6,8H,14H2,1-2H3/b7-5+. The van der Waals surface area contributed by atoms with Crippen LogP contribution in [0.1, 0.15) is 19.4 Å². The molecule has 0 saturated carbocycles. The van der Waals surface area contributed by atoms with Crippen molar-refractivity contribution in [2.24, 2.45) is 5.73 Å². The van der Waals surface area contributed by atoms with E-state index in [0.29, 0.717) is 5.56 Å². The molecule has 14 heavy (non-hydrogen) atoms. The molecule has 0 aliphatic rings. The summed E-state index contributed by atoms with van der Waals surface area (Å²) in [6.45, 7) is 3.77. The smallest absolute Gasteiger partial charge is 0.131 e. The fourth-order valence-electron chi connectivity index (χ4n) is 0.995. The third-order valence-electron chi connectivity index (χ3n) is 2.06. The van der Waals surface area contributed by atoms with E-state index in [1.807, 2.05) is 19.9 Å². The quantitative estimate of drug-likeness (QED) is 0.865. The van der Waals surface area contributed by atoms with Crippen molar-refractivity contribution in [2.45, 2.75) is 19.9 Å². The highest BCUT2D eigenvalue weighted by molar-refractivity contribution is 9.10. The summed E-state index contributed by atoms with van der Waals surface area (Å²) in [4.78, 5) is 0. The molecule has 0 spiro atoms. The zero-order valence-corrected chi connectivity index (χ0v) is 9.81. The lowest BCUT2D eigenvalue weighted by atomic mass is 10.1. The van der Waals surface area contributed by atoms with Crippen molar-refractivity contribution in [1.29, 1.82) is 0 Å². The second-order valence-electron chi connectivity index (χ2n) is 3.34. The Balaban J connectivity index is 3.03. The van der Waals surface area contributed by atoms with Gasteiger partial charge in [0.2, 0.25) is 0 Å². The van der Waals surface area contributed by atoms with Crippen LogP contribution in [-0.2, 0) is 0 Å². The Morgan fingerprint density at radius 3 is 2.71 bits per heavy atom. The van der Waals surface area contributed by atoms with Crippen LogP contribution < -0.4 is 5.73 Å². The van der Waals surface area contributed by atoms with Gasteiger partial charge in [-0.05, 0) is 26.0 Å². The van der Waals surface area contributed by atoms with Gasteiger partial charge in [-0.15, -0.1) is 0 Å². The van der Waals surface area contributed by atoms with Crippen molar-refractivity contribution in [3.05, 3.63) is 39.6 Å². The normalized spacial score (nSPS) is 14.2. The van der Waals surface area contributed by atoms with Gasteiger partial charge in [0.05, 0.1) is 0 Å². The number of rotatable bonds is 2. The first kappa shape index (κ1) is 11.4. The van der Waals surface area contributed by atoms with E-state index < -0.39 is 0 Å². The van der Waals surface area contributed by atoms with Gasteiger partial charge in [0.15, 0.2) is 0 Å². The van der Waals surface area contributed by atoms with Crippen molar-refractivity contribution < 1.29 is 4.39 Å². The van der Waals surface area contributed by atoms with Gasteiger partial charge >= 0.3 is 0 Å². The van der Waals surface area contributed by atoms with Crippen LogP contribution in [-0.4, -0.2) is 6.04 Å². The van der Waals surface area contributed by atoms with Crippen molar-refractivity contribution in [3.8, 4) is 0 Å². The van der Waals surface area contributed by atoms with Gasteiger partial charge in [-0.2, -0.15) is 0 Å². The Labute approximate surface area is 91.9 Å². The summed E-state index contributed by atoms with van der Waals surface area (Å²) in [6.07, 6.45) is 1.77. The van der Waals surface area contributed by atoms with Gasteiger partial charge < -0.3 is 5.73 Å². The summed E-state index contributed by atoms with van der Waals surface area (Å²) in [5, 5.41) is 0. The van der Waals surface area contributed by atoms with Crippen LogP contribution in [0.25, 0.3) is 6.08 Å². The number of benzene rings is 1. The Hall–Kier alpha value is -0.670. The summed E-state index contributed by atoms with van der Waals surface area (Å²) in [6, 6.07) is 4.94. The lowest BCUT2D eigenvalue weighted by Crippen LogP contribution is -2.15. The van der Waals surface area contributed by atoms with Gasteiger partial charge in [-0.3, -0.25) is 0 Å². The van der Waals surface area contributed by atoms with E-state index in [0.717, 1.165) is 10.0 Å². The van der Waals surface area contributed by atoms with Crippen LogP contribution in [0.4, 0.5) is 4.39 Å². The van der Waals surface area contributed by atoms with Gasteiger partial charge in [0.25, 0.3) is 0 Å². The predicted molar refractivity (Wildman–Crippen MR) is 61.4 cm³/mol. The molecule has 1 atom stereocenters. The van der Waals surface area contributed by atoms with E-state index in [1.165, 1.54) is 6.07 Å². The third-order valence-corrected chi connectivity index (χ3v) is 2.56. The first-order chi connectivity index (χ1) is 6.50. The van der Waals surface area contributed by atoms with Crippen molar-refractivity contribution in [2.75, 3.05) is 0 Å². The summed E-state index contributed by atoms with van der Waals surface area (Å²) >= 11 is 3.21. The molecule has 76 valence electrons. The average molecular weight is 258 g/mol. The molecule has 1 aromatic rings. The summed E-state index contributed by atoms with van der Waals surface area (Å²) in [5.74, 6) is -0.237. The lowest BCUT2D eigenvalue weighted by Gasteiger charge is -2.05. The molecule has 0 aliphatic carbocycles. The molecule has 0 saturated heterocycles. The molecule has 0 aliphatic heterocycles. The van der Waals surface area contributed by atoms with E-state index in [1.54, 1.807) is 12.1 Å². The number of hydrogen-bond acceptors (Lipinski definition) is 1. The Morgan fingerprint density at radius 1 is 1.57 bits per heavy atom. The maximum absolute atomic E-state index is 13.4. The van der Waals surface area contributed by atoms with Crippen LogP contribution in [0.3, 0.4) is 0 Å². The first-order valence-corrected chi connectivity index (χ1v) is 5.19. The Kier molecular flexibility index (Phi) is 3.84. The molecule has 0 heterocycles.